The number of carboxylic acid groups (broad SMARTS) is 1. The Morgan fingerprint density at radius 3 is 2.28 bits per heavy atom. The Bertz CT molecular complexity index is 481. The Kier molecular flexibility index (Phi) is 3.79. The van der Waals surface area contributed by atoms with Gasteiger partial charge in [0.15, 0.2) is 11.5 Å². The Morgan fingerprint density at radius 1 is 1.22 bits per heavy atom. The van der Waals surface area contributed by atoms with Crippen LogP contribution in [0.4, 0.5) is 13.2 Å². The molecule has 0 bridgehead atoms. The highest BCUT2D eigenvalue weighted by Crippen LogP contribution is 2.33. The SMILES string of the molecule is CC(=O)Oc1cc(C(=O)O)ccc1OC(F)(F)F. The van der Waals surface area contributed by atoms with E-state index in [-0.39, 0.29) is 5.56 Å². The van der Waals surface area contributed by atoms with Crippen molar-refractivity contribution in [3.05, 3.63) is 23.8 Å². The predicted octanol–water partition coefficient (Wildman–Crippen LogP) is 2.21. The summed E-state index contributed by atoms with van der Waals surface area (Å²) in [6.45, 7) is 0.963. The maximum absolute atomic E-state index is 12.0. The van der Waals surface area contributed by atoms with Gasteiger partial charge in [0.2, 0.25) is 0 Å². The van der Waals surface area contributed by atoms with Crippen LogP contribution in [0.2, 0.25) is 0 Å². The minimum absolute atomic E-state index is 0.333. The van der Waals surface area contributed by atoms with E-state index < -0.39 is 29.8 Å². The lowest BCUT2D eigenvalue weighted by molar-refractivity contribution is -0.275. The molecule has 1 N–H and O–H groups in total. The van der Waals surface area contributed by atoms with Crippen molar-refractivity contribution in [2.75, 3.05) is 0 Å². The Labute approximate surface area is 98.7 Å². The number of ether oxygens (including phenoxy) is 2. The van der Waals surface area contributed by atoms with Gasteiger partial charge in [-0.3, -0.25) is 4.79 Å². The number of carbonyl (C=O) groups excluding carboxylic acids is 1. The van der Waals surface area contributed by atoms with Crippen molar-refractivity contribution in [2.24, 2.45) is 0 Å². The van der Waals surface area contributed by atoms with Crippen LogP contribution in [-0.2, 0) is 4.79 Å². The minimum Gasteiger partial charge on any atom is -0.478 e. The number of rotatable bonds is 3. The highest BCUT2D eigenvalue weighted by Gasteiger charge is 2.33. The second-order valence-electron chi connectivity index (χ2n) is 3.11. The van der Waals surface area contributed by atoms with Gasteiger partial charge in [-0.15, -0.1) is 13.2 Å². The summed E-state index contributed by atoms with van der Waals surface area (Å²) in [5.74, 6) is -3.67. The molecular weight excluding hydrogens is 257 g/mol. The summed E-state index contributed by atoms with van der Waals surface area (Å²) in [6.07, 6.45) is -4.97. The quantitative estimate of drug-likeness (QED) is 0.669. The van der Waals surface area contributed by atoms with Crippen molar-refractivity contribution in [1.82, 2.24) is 0 Å². The molecule has 8 heteroatoms. The highest BCUT2D eigenvalue weighted by molar-refractivity contribution is 5.88. The topological polar surface area (TPSA) is 72.8 Å². The molecule has 0 aliphatic heterocycles. The summed E-state index contributed by atoms with van der Waals surface area (Å²) in [7, 11) is 0. The van der Waals surface area contributed by atoms with Gasteiger partial charge in [-0.25, -0.2) is 4.79 Å². The zero-order chi connectivity index (χ0) is 13.9. The van der Waals surface area contributed by atoms with E-state index in [1.165, 1.54) is 0 Å². The van der Waals surface area contributed by atoms with E-state index in [4.69, 9.17) is 5.11 Å². The van der Waals surface area contributed by atoms with E-state index in [2.05, 4.69) is 9.47 Å². The van der Waals surface area contributed by atoms with E-state index in [9.17, 15) is 22.8 Å². The number of benzene rings is 1. The molecule has 0 amide bonds. The Hall–Kier alpha value is -2.25. The molecule has 18 heavy (non-hydrogen) atoms. The molecular formula is C10H7F3O5. The monoisotopic (exact) mass is 264 g/mol. The number of carboxylic acids is 1. The van der Waals surface area contributed by atoms with E-state index in [1.54, 1.807) is 0 Å². The molecule has 0 saturated carbocycles. The third kappa shape index (κ3) is 3.96. The van der Waals surface area contributed by atoms with E-state index in [0.29, 0.717) is 0 Å². The number of alkyl halides is 3. The average Bonchev–Trinajstić information content (AvgIpc) is 2.17. The normalized spacial score (nSPS) is 10.9. The summed E-state index contributed by atoms with van der Waals surface area (Å²) in [5.41, 5.74) is -0.333. The van der Waals surface area contributed by atoms with Crippen molar-refractivity contribution < 1.29 is 37.3 Å². The van der Waals surface area contributed by atoms with Crippen molar-refractivity contribution >= 4 is 11.9 Å². The zero-order valence-corrected chi connectivity index (χ0v) is 8.95. The number of hydrogen-bond acceptors (Lipinski definition) is 4. The van der Waals surface area contributed by atoms with Crippen LogP contribution in [0.15, 0.2) is 18.2 Å². The number of halogens is 3. The van der Waals surface area contributed by atoms with Crippen molar-refractivity contribution in [3.63, 3.8) is 0 Å². The van der Waals surface area contributed by atoms with E-state index in [1.807, 2.05) is 0 Å². The predicted molar refractivity (Wildman–Crippen MR) is 51.4 cm³/mol. The van der Waals surface area contributed by atoms with Gasteiger partial charge in [0.25, 0.3) is 0 Å². The average molecular weight is 264 g/mol. The van der Waals surface area contributed by atoms with Crippen LogP contribution in [0.25, 0.3) is 0 Å². The van der Waals surface area contributed by atoms with E-state index >= 15 is 0 Å². The van der Waals surface area contributed by atoms with Crippen LogP contribution in [0, 0.1) is 0 Å². The minimum atomic E-state index is -4.97. The largest absolute Gasteiger partial charge is 0.573 e. The molecule has 0 heterocycles. The van der Waals surface area contributed by atoms with Crippen LogP contribution >= 0.6 is 0 Å². The van der Waals surface area contributed by atoms with Crippen LogP contribution < -0.4 is 9.47 Å². The molecule has 1 aromatic carbocycles. The van der Waals surface area contributed by atoms with Gasteiger partial charge in [-0.05, 0) is 18.2 Å². The van der Waals surface area contributed by atoms with Crippen LogP contribution in [0.3, 0.4) is 0 Å². The fraction of sp³-hybridized carbons (Fsp3) is 0.200. The maximum atomic E-state index is 12.0. The maximum Gasteiger partial charge on any atom is 0.573 e. The lowest BCUT2D eigenvalue weighted by Gasteiger charge is -2.12. The summed E-state index contributed by atoms with van der Waals surface area (Å²) in [6, 6.07) is 2.43. The second kappa shape index (κ2) is 4.94. The molecule has 0 fully saturated rings. The lowest BCUT2D eigenvalue weighted by Crippen LogP contribution is -2.18. The second-order valence-corrected chi connectivity index (χ2v) is 3.11. The first kappa shape index (κ1) is 13.8. The molecule has 0 radical (unpaired) electrons. The number of hydrogen-bond donors (Lipinski definition) is 1. The molecule has 98 valence electrons. The molecule has 0 saturated heterocycles. The third-order valence-corrected chi connectivity index (χ3v) is 1.67. The first-order valence-corrected chi connectivity index (χ1v) is 4.50. The molecule has 5 nitrogen and oxygen atoms in total. The number of carbonyl (C=O) groups is 2. The van der Waals surface area contributed by atoms with Crippen LogP contribution in [0.1, 0.15) is 17.3 Å². The summed E-state index contributed by atoms with van der Waals surface area (Å²) < 4.78 is 44.2. The molecule has 0 spiro atoms. The standard InChI is InChI=1S/C10H7F3O5/c1-5(14)17-8-4-6(9(15)16)2-3-7(8)18-10(11,12)13/h2-4H,1H3,(H,15,16). The Balaban J connectivity index is 3.16. The molecule has 0 aliphatic carbocycles. The molecule has 0 aromatic heterocycles. The smallest absolute Gasteiger partial charge is 0.478 e. The molecule has 0 unspecified atom stereocenters. The summed E-state index contributed by atoms with van der Waals surface area (Å²) in [4.78, 5) is 21.3. The molecule has 0 aliphatic rings. The van der Waals surface area contributed by atoms with Gasteiger partial charge >= 0.3 is 18.3 Å². The van der Waals surface area contributed by atoms with Crippen molar-refractivity contribution in [2.45, 2.75) is 13.3 Å². The summed E-state index contributed by atoms with van der Waals surface area (Å²) in [5, 5.41) is 8.66. The fourth-order valence-corrected chi connectivity index (χ4v) is 1.08. The van der Waals surface area contributed by atoms with Gasteiger partial charge in [0, 0.05) is 6.92 Å². The van der Waals surface area contributed by atoms with Gasteiger partial charge in [-0.1, -0.05) is 0 Å². The van der Waals surface area contributed by atoms with Crippen molar-refractivity contribution in [3.8, 4) is 11.5 Å². The number of aromatic carboxylic acids is 1. The lowest BCUT2D eigenvalue weighted by atomic mass is 10.2. The molecule has 0 atom stereocenters. The van der Waals surface area contributed by atoms with Gasteiger partial charge < -0.3 is 14.6 Å². The number of esters is 1. The van der Waals surface area contributed by atoms with Crippen LogP contribution in [0.5, 0.6) is 11.5 Å². The zero-order valence-electron chi connectivity index (χ0n) is 8.95. The van der Waals surface area contributed by atoms with Gasteiger partial charge in [0.1, 0.15) is 0 Å². The van der Waals surface area contributed by atoms with Gasteiger partial charge in [-0.2, -0.15) is 0 Å². The molecule has 1 rings (SSSR count). The van der Waals surface area contributed by atoms with Crippen molar-refractivity contribution in [1.29, 1.82) is 0 Å². The fourth-order valence-electron chi connectivity index (χ4n) is 1.08. The highest BCUT2D eigenvalue weighted by atomic mass is 19.4. The Morgan fingerprint density at radius 2 is 1.83 bits per heavy atom. The first-order valence-electron chi connectivity index (χ1n) is 4.50. The summed E-state index contributed by atoms with van der Waals surface area (Å²) >= 11 is 0. The van der Waals surface area contributed by atoms with Gasteiger partial charge in [0.05, 0.1) is 5.56 Å². The van der Waals surface area contributed by atoms with E-state index in [0.717, 1.165) is 25.1 Å². The van der Waals surface area contributed by atoms with Crippen LogP contribution in [-0.4, -0.2) is 23.4 Å². The first-order chi connectivity index (χ1) is 8.19. The third-order valence-electron chi connectivity index (χ3n) is 1.67. The molecule has 1 aromatic rings.